The molecule has 1 aliphatic rings. The van der Waals surface area contributed by atoms with Gasteiger partial charge in [-0.25, -0.2) is 13.1 Å². The Labute approximate surface area is 170 Å². The Kier molecular flexibility index (Phi) is 6.67. The first-order valence-electron chi connectivity index (χ1n) is 8.62. The number of carbonyl (C=O) groups is 1. The molecule has 1 aromatic heterocycles. The Morgan fingerprint density at radius 3 is 2.72 bits per heavy atom. The van der Waals surface area contributed by atoms with Gasteiger partial charge in [-0.3, -0.25) is 14.9 Å². The number of rotatable bonds is 9. The lowest BCUT2D eigenvalue weighted by Crippen LogP contribution is -2.25. The van der Waals surface area contributed by atoms with Crippen molar-refractivity contribution in [3.8, 4) is 11.5 Å². The first kappa shape index (κ1) is 21.0. The summed E-state index contributed by atoms with van der Waals surface area (Å²) in [5, 5.41) is 12.1. The fraction of sp³-hybridized carbons (Fsp3) is 0.353. The molecular formula is C17H18N2O8S2. The van der Waals surface area contributed by atoms with E-state index in [1.165, 1.54) is 24.3 Å². The summed E-state index contributed by atoms with van der Waals surface area (Å²) in [6.07, 6.45) is 0.252. The fourth-order valence-corrected chi connectivity index (χ4v) is 4.29. The first-order chi connectivity index (χ1) is 13.8. The SMILES string of the molecule is O=C(CCCNS(=O)(=O)c1ccc2c(c1)OCCO2)OCc1csc([N+](=O)[O-])c1. The molecule has 1 aromatic carbocycles. The van der Waals surface area contributed by atoms with Crippen LogP contribution in [0.4, 0.5) is 5.00 Å². The minimum absolute atomic E-state index is 0.00981. The zero-order valence-electron chi connectivity index (χ0n) is 15.2. The van der Waals surface area contributed by atoms with Crippen LogP contribution in [0.2, 0.25) is 0 Å². The molecule has 2 heterocycles. The molecule has 1 aliphatic heterocycles. The molecule has 29 heavy (non-hydrogen) atoms. The minimum Gasteiger partial charge on any atom is -0.486 e. The summed E-state index contributed by atoms with van der Waals surface area (Å²) >= 11 is 0.956. The van der Waals surface area contributed by atoms with Crippen LogP contribution in [-0.2, 0) is 26.2 Å². The van der Waals surface area contributed by atoms with Gasteiger partial charge in [-0.05, 0) is 18.6 Å². The largest absolute Gasteiger partial charge is 0.486 e. The van der Waals surface area contributed by atoms with Crippen molar-refractivity contribution in [1.82, 2.24) is 4.72 Å². The molecular weight excluding hydrogens is 424 g/mol. The molecule has 0 unspecified atom stereocenters. The number of carbonyl (C=O) groups excluding carboxylic acids is 1. The number of benzene rings is 1. The molecule has 156 valence electrons. The van der Waals surface area contributed by atoms with Gasteiger partial charge in [0.25, 0.3) is 0 Å². The Hall–Kier alpha value is -2.70. The fourth-order valence-electron chi connectivity index (χ4n) is 2.48. The number of esters is 1. The highest BCUT2D eigenvalue weighted by Gasteiger charge is 2.19. The minimum atomic E-state index is -3.75. The average molecular weight is 442 g/mol. The van der Waals surface area contributed by atoms with Crippen LogP contribution in [0.1, 0.15) is 18.4 Å². The second-order valence-corrected chi connectivity index (χ2v) is 8.67. The second kappa shape index (κ2) is 9.20. The number of hydrogen-bond acceptors (Lipinski definition) is 9. The van der Waals surface area contributed by atoms with Gasteiger partial charge in [0, 0.05) is 36.0 Å². The van der Waals surface area contributed by atoms with E-state index >= 15 is 0 Å². The van der Waals surface area contributed by atoms with E-state index in [2.05, 4.69) is 4.72 Å². The molecule has 0 spiro atoms. The van der Waals surface area contributed by atoms with Crippen LogP contribution in [0.5, 0.6) is 11.5 Å². The van der Waals surface area contributed by atoms with Crippen molar-refractivity contribution in [3.05, 3.63) is 45.3 Å². The number of nitrogens with one attached hydrogen (secondary N) is 1. The smallest absolute Gasteiger partial charge is 0.324 e. The highest BCUT2D eigenvalue weighted by atomic mass is 32.2. The van der Waals surface area contributed by atoms with Crippen molar-refractivity contribution in [2.45, 2.75) is 24.3 Å². The zero-order valence-corrected chi connectivity index (χ0v) is 16.8. The lowest BCUT2D eigenvalue weighted by Gasteiger charge is -2.18. The van der Waals surface area contributed by atoms with Crippen LogP contribution < -0.4 is 14.2 Å². The normalized spacial score (nSPS) is 13.1. The Balaban J connectivity index is 1.42. The lowest BCUT2D eigenvalue weighted by atomic mass is 10.3. The van der Waals surface area contributed by atoms with E-state index in [0.717, 1.165) is 11.3 Å². The van der Waals surface area contributed by atoms with E-state index in [-0.39, 0.29) is 35.9 Å². The van der Waals surface area contributed by atoms with E-state index in [4.69, 9.17) is 14.2 Å². The average Bonchev–Trinajstić information content (AvgIpc) is 3.19. The second-order valence-electron chi connectivity index (χ2n) is 6.02. The highest BCUT2D eigenvalue weighted by Crippen LogP contribution is 2.32. The Bertz CT molecular complexity index is 1000. The molecule has 3 rings (SSSR count). The van der Waals surface area contributed by atoms with Crippen molar-refractivity contribution >= 4 is 32.3 Å². The van der Waals surface area contributed by atoms with Crippen molar-refractivity contribution in [2.24, 2.45) is 0 Å². The summed E-state index contributed by atoms with van der Waals surface area (Å²) in [5.41, 5.74) is 0.536. The molecule has 12 heteroatoms. The molecule has 0 bridgehead atoms. The summed E-state index contributed by atoms with van der Waals surface area (Å²) in [7, 11) is -3.75. The first-order valence-corrected chi connectivity index (χ1v) is 11.0. The van der Waals surface area contributed by atoms with Gasteiger partial charge in [0.15, 0.2) is 11.5 Å². The summed E-state index contributed by atoms with van der Waals surface area (Å²) in [5.74, 6) is 0.350. The molecule has 1 N–H and O–H groups in total. The molecule has 0 radical (unpaired) electrons. The maximum atomic E-state index is 12.4. The van der Waals surface area contributed by atoms with E-state index in [1.54, 1.807) is 5.38 Å². The quantitative estimate of drug-likeness (QED) is 0.270. The molecule has 0 atom stereocenters. The molecule has 0 fully saturated rings. The van der Waals surface area contributed by atoms with Crippen LogP contribution in [0.15, 0.2) is 34.5 Å². The van der Waals surface area contributed by atoms with E-state index < -0.39 is 20.9 Å². The van der Waals surface area contributed by atoms with Crippen molar-refractivity contribution in [3.63, 3.8) is 0 Å². The van der Waals surface area contributed by atoms with Gasteiger partial charge >= 0.3 is 11.0 Å². The lowest BCUT2D eigenvalue weighted by molar-refractivity contribution is -0.380. The van der Waals surface area contributed by atoms with Crippen molar-refractivity contribution in [1.29, 1.82) is 0 Å². The van der Waals surface area contributed by atoms with Gasteiger partial charge in [-0.2, -0.15) is 0 Å². The van der Waals surface area contributed by atoms with Crippen LogP contribution in [0.3, 0.4) is 0 Å². The predicted octanol–water partition coefficient (Wildman–Crippen LogP) is 2.23. The van der Waals surface area contributed by atoms with Gasteiger partial charge < -0.3 is 14.2 Å². The van der Waals surface area contributed by atoms with Gasteiger partial charge in [-0.15, -0.1) is 0 Å². The van der Waals surface area contributed by atoms with E-state index in [0.29, 0.717) is 30.3 Å². The number of sulfonamides is 1. The van der Waals surface area contributed by atoms with Crippen LogP contribution in [0, 0.1) is 10.1 Å². The monoisotopic (exact) mass is 442 g/mol. The van der Waals surface area contributed by atoms with E-state index in [1.807, 2.05) is 0 Å². The number of nitro groups is 1. The van der Waals surface area contributed by atoms with Gasteiger partial charge in [0.2, 0.25) is 10.0 Å². The van der Waals surface area contributed by atoms with E-state index in [9.17, 15) is 23.3 Å². The third-order valence-corrected chi connectivity index (χ3v) is 6.28. The molecule has 2 aromatic rings. The molecule has 10 nitrogen and oxygen atoms in total. The third-order valence-electron chi connectivity index (χ3n) is 3.89. The maximum absolute atomic E-state index is 12.4. The van der Waals surface area contributed by atoms with Crippen LogP contribution in [-0.4, -0.2) is 39.1 Å². The van der Waals surface area contributed by atoms with Crippen molar-refractivity contribution < 1.29 is 32.3 Å². The maximum Gasteiger partial charge on any atom is 0.324 e. The number of ether oxygens (including phenoxy) is 3. The zero-order chi connectivity index (χ0) is 20.9. The molecule has 0 amide bonds. The number of hydrogen-bond donors (Lipinski definition) is 1. The molecule has 0 aliphatic carbocycles. The number of nitrogens with zero attached hydrogens (tertiary/aromatic N) is 1. The Morgan fingerprint density at radius 1 is 1.24 bits per heavy atom. The molecule has 0 saturated heterocycles. The van der Waals surface area contributed by atoms with Crippen molar-refractivity contribution in [2.75, 3.05) is 19.8 Å². The summed E-state index contributed by atoms with van der Waals surface area (Å²) in [4.78, 5) is 21.9. The summed E-state index contributed by atoms with van der Waals surface area (Å²) in [6.45, 7) is 0.753. The number of thiophene rings is 1. The van der Waals surface area contributed by atoms with Gasteiger partial charge in [-0.1, -0.05) is 11.3 Å². The Morgan fingerprint density at radius 2 is 2.00 bits per heavy atom. The summed E-state index contributed by atoms with van der Waals surface area (Å²) < 4.78 is 42.9. The number of fused-ring (bicyclic) bond motifs is 1. The highest BCUT2D eigenvalue weighted by molar-refractivity contribution is 7.89. The molecule has 0 saturated carbocycles. The van der Waals surface area contributed by atoms with Crippen LogP contribution in [0.25, 0.3) is 0 Å². The van der Waals surface area contributed by atoms with Crippen LogP contribution >= 0.6 is 11.3 Å². The topological polar surface area (TPSA) is 134 Å². The predicted molar refractivity (Wildman–Crippen MR) is 103 cm³/mol. The van der Waals surface area contributed by atoms with Gasteiger partial charge in [0.1, 0.15) is 19.8 Å². The third kappa shape index (κ3) is 5.65. The summed E-state index contributed by atoms with van der Waals surface area (Å²) in [6, 6.07) is 5.70. The van der Waals surface area contributed by atoms with Gasteiger partial charge in [0.05, 0.1) is 9.82 Å². The standard InChI is InChI=1S/C17H18N2O8S2/c20-17(27-10-12-8-16(19(21)22)28-11-12)2-1-5-18-29(23,24)13-3-4-14-15(9-13)26-7-6-25-14/h3-4,8-9,11,18H,1-2,5-7,10H2.